The van der Waals surface area contributed by atoms with Crippen LogP contribution in [0.15, 0.2) is 30.3 Å². The van der Waals surface area contributed by atoms with E-state index in [9.17, 15) is 34.0 Å². The van der Waals surface area contributed by atoms with Gasteiger partial charge in [0.05, 0.1) is 37.4 Å². The van der Waals surface area contributed by atoms with Crippen LogP contribution in [0.1, 0.15) is 98.5 Å². The molecule has 6 fully saturated rings. The molecule has 0 unspecified atom stereocenters. The summed E-state index contributed by atoms with van der Waals surface area (Å²) in [5, 5.41) is 11.8. The fraction of sp³-hybridized carbons (Fsp3) is 0.707. The van der Waals surface area contributed by atoms with E-state index in [1.165, 1.54) is 9.96 Å². The summed E-state index contributed by atoms with van der Waals surface area (Å²) in [7, 11) is 0. The first kappa shape index (κ1) is 45.6. The predicted octanol–water partition coefficient (Wildman–Crippen LogP) is 3.93. The second-order valence-corrected chi connectivity index (χ2v) is 18.3. The zero-order chi connectivity index (χ0) is 44.1. The van der Waals surface area contributed by atoms with Gasteiger partial charge in [-0.15, -0.1) is 0 Å². The first-order valence-electron chi connectivity index (χ1n) is 21.3. The van der Waals surface area contributed by atoms with E-state index >= 15 is 0 Å². The van der Waals surface area contributed by atoms with Gasteiger partial charge in [-0.05, 0) is 98.5 Å². The lowest BCUT2D eigenvalue weighted by molar-refractivity contribution is -0.141. The highest BCUT2D eigenvalue weighted by Crippen LogP contribution is 2.31. The van der Waals surface area contributed by atoms with Crippen molar-refractivity contribution in [3.05, 3.63) is 35.9 Å². The van der Waals surface area contributed by atoms with Gasteiger partial charge in [0.1, 0.15) is 29.9 Å². The van der Waals surface area contributed by atoms with Crippen LogP contribution in [0.2, 0.25) is 0 Å². The quantitative estimate of drug-likeness (QED) is 0.214. The molecular formula is C41H62N8O12. The van der Waals surface area contributed by atoms with Crippen molar-refractivity contribution in [2.45, 2.75) is 147 Å². The Balaban J connectivity index is 0.000000210. The molecule has 0 spiro atoms. The van der Waals surface area contributed by atoms with E-state index in [0.29, 0.717) is 63.5 Å². The lowest BCUT2D eigenvalue weighted by atomic mass is 10.0. The van der Waals surface area contributed by atoms with Crippen molar-refractivity contribution < 1.29 is 58.0 Å². The van der Waals surface area contributed by atoms with Crippen molar-refractivity contribution in [3.8, 4) is 0 Å². The number of nitrogens with one attached hydrogen (secondary N) is 2. The third-order valence-corrected chi connectivity index (χ3v) is 11.4. The van der Waals surface area contributed by atoms with E-state index in [1.54, 1.807) is 14.7 Å². The Morgan fingerprint density at radius 1 is 0.672 bits per heavy atom. The van der Waals surface area contributed by atoms with Crippen LogP contribution in [0.3, 0.4) is 0 Å². The number of carbonyl (C=O) groups excluding carboxylic acids is 6. The lowest BCUT2D eigenvalue weighted by Crippen LogP contribution is -2.50. The molecular weight excluding hydrogens is 796 g/mol. The van der Waals surface area contributed by atoms with Gasteiger partial charge in [0.2, 0.25) is 0 Å². The third-order valence-electron chi connectivity index (χ3n) is 11.4. The maximum atomic E-state index is 12.9. The van der Waals surface area contributed by atoms with Crippen LogP contribution in [-0.2, 0) is 40.2 Å². The zero-order valence-electron chi connectivity index (χ0n) is 36.1. The van der Waals surface area contributed by atoms with Crippen molar-refractivity contribution in [1.29, 1.82) is 0 Å². The molecule has 6 aliphatic heterocycles. The Morgan fingerprint density at radius 3 is 1.66 bits per heavy atom. The molecule has 6 atom stereocenters. The second kappa shape index (κ2) is 19.4. The van der Waals surface area contributed by atoms with Crippen LogP contribution >= 0.6 is 0 Å². The molecule has 0 saturated carbocycles. The van der Waals surface area contributed by atoms with Gasteiger partial charge in [0.15, 0.2) is 0 Å². The fourth-order valence-corrected chi connectivity index (χ4v) is 8.41. The van der Waals surface area contributed by atoms with Gasteiger partial charge >= 0.3 is 24.2 Å². The number of benzene rings is 1. The Bertz CT molecular complexity index is 1740. The highest BCUT2D eigenvalue weighted by atomic mass is 16.7. The molecule has 0 radical (unpaired) electrons. The van der Waals surface area contributed by atoms with Gasteiger partial charge in [0.25, 0.3) is 11.8 Å². The number of ether oxygens (including phenoxy) is 2. The smallest absolute Gasteiger partial charge is 0.410 e. The summed E-state index contributed by atoms with van der Waals surface area (Å²) in [5.41, 5.74) is 4.72. The number of amides is 8. The van der Waals surface area contributed by atoms with Gasteiger partial charge in [-0.2, -0.15) is 5.06 Å². The number of nitrogens with zero attached hydrogens (tertiary/aromatic N) is 6. The number of rotatable bonds is 11. The van der Waals surface area contributed by atoms with Gasteiger partial charge in [0, 0.05) is 26.2 Å². The normalized spacial score (nSPS) is 26.0. The molecule has 7 rings (SSSR count). The number of hydrogen-bond acceptors (Lipinski definition) is 12. The standard InChI is InChI=1S/C24H34N4O6.C17H28N4O6/c1-24(2,3)34-23(31)26-13-7-10-19(26)16-32-25-21(29)20-12-11-18-14-27(20)22(30)28(18)33-15-17-8-5-4-6-9-17;1-17(2,3)27-16(24)19-8-4-5-12(19)10-26-18-14(22)13-7-6-11-9-20(13)15(23)21(11)25/h4-6,8-9,18-20H,7,10-16H2,1-3H3,(H,25,29);11-13,25H,4-10H2,1-3H3,(H,18,22)/t18-,19+,20+;11-,12+,13+/m11/s1. The molecule has 3 N–H and O–H groups in total. The van der Waals surface area contributed by atoms with Crippen LogP contribution in [0, 0.1) is 0 Å². The molecule has 6 saturated heterocycles. The third kappa shape index (κ3) is 11.5. The maximum absolute atomic E-state index is 12.9. The summed E-state index contributed by atoms with van der Waals surface area (Å²) in [6.07, 6.45) is 4.72. The molecule has 6 aliphatic rings. The highest BCUT2D eigenvalue weighted by Gasteiger charge is 2.49. The molecule has 0 aliphatic carbocycles. The van der Waals surface area contributed by atoms with Gasteiger partial charge in [-0.25, -0.2) is 35.2 Å². The molecule has 6 heterocycles. The van der Waals surface area contributed by atoms with Crippen LogP contribution in [0.25, 0.3) is 0 Å². The van der Waals surface area contributed by atoms with E-state index in [-0.39, 0.29) is 61.5 Å². The van der Waals surface area contributed by atoms with Crippen molar-refractivity contribution >= 4 is 36.1 Å². The first-order valence-corrected chi connectivity index (χ1v) is 21.3. The van der Waals surface area contributed by atoms with E-state index in [4.69, 9.17) is 24.0 Å². The summed E-state index contributed by atoms with van der Waals surface area (Å²) in [4.78, 5) is 97.5. The lowest BCUT2D eigenvalue weighted by Gasteiger charge is -2.30. The van der Waals surface area contributed by atoms with Crippen molar-refractivity contribution in [1.82, 2.24) is 40.7 Å². The number of carbonyl (C=O) groups is 6. The second-order valence-electron chi connectivity index (χ2n) is 18.3. The average molecular weight is 859 g/mol. The Hall–Kier alpha value is -4.92. The molecule has 1 aromatic rings. The summed E-state index contributed by atoms with van der Waals surface area (Å²) >= 11 is 0. The van der Waals surface area contributed by atoms with Gasteiger partial charge < -0.3 is 29.1 Å². The SMILES string of the molecule is CC(C)(C)OC(=O)N1CCC[C@H]1CONC(=O)[C@@H]1CC[C@@H]2CN1C(=O)N2O.CC(C)(C)OC(=O)N1CCC[C@H]1CONC(=O)[C@@H]1CC[C@@H]2CN1C(=O)N2OCc1ccccc1. The molecule has 338 valence electrons. The largest absolute Gasteiger partial charge is 0.444 e. The summed E-state index contributed by atoms with van der Waals surface area (Å²) in [5.74, 6) is -0.780. The van der Waals surface area contributed by atoms with Crippen molar-refractivity contribution in [2.24, 2.45) is 0 Å². The van der Waals surface area contributed by atoms with Crippen LogP contribution in [-0.4, -0.2) is 158 Å². The van der Waals surface area contributed by atoms with Gasteiger partial charge in [-0.3, -0.25) is 29.3 Å². The molecule has 8 amide bonds. The monoisotopic (exact) mass is 858 g/mol. The Morgan fingerprint density at radius 2 is 1.15 bits per heavy atom. The number of hydrogen-bond donors (Lipinski definition) is 3. The maximum Gasteiger partial charge on any atom is 0.410 e. The molecule has 20 heteroatoms. The minimum atomic E-state index is -0.656. The predicted molar refractivity (Wildman–Crippen MR) is 215 cm³/mol. The average Bonchev–Trinajstić information content (AvgIpc) is 3.98. The number of piperidine rings is 2. The number of fused-ring (bicyclic) bond motifs is 4. The topological polar surface area (TPSA) is 212 Å². The van der Waals surface area contributed by atoms with E-state index in [1.807, 2.05) is 71.9 Å². The van der Waals surface area contributed by atoms with E-state index < -0.39 is 35.2 Å². The number of likely N-dealkylation sites (tertiary alicyclic amines) is 2. The zero-order valence-corrected chi connectivity index (χ0v) is 36.1. The molecule has 4 bridgehead atoms. The van der Waals surface area contributed by atoms with E-state index in [0.717, 1.165) is 31.2 Å². The van der Waals surface area contributed by atoms with Crippen molar-refractivity contribution in [2.75, 3.05) is 39.4 Å². The Kier molecular flexibility index (Phi) is 14.5. The fourth-order valence-electron chi connectivity index (χ4n) is 8.41. The van der Waals surface area contributed by atoms with Crippen LogP contribution < -0.4 is 11.0 Å². The molecule has 20 nitrogen and oxygen atoms in total. The highest BCUT2D eigenvalue weighted by molar-refractivity contribution is 5.88. The van der Waals surface area contributed by atoms with Crippen LogP contribution in [0.5, 0.6) is 0 Å². The first-order chi connectivity index (χ1) is 28.9. The Labute approximate surface area is 356 Å². The van der Waals surface area contributed by atoms with Gasteiger partial charge in [-0.1, -0.05) is 30.3 Å². The molecule has 0 aromatic heterocycles. The summed E-state index contributed by atoms with van der Waals surface area (Å²) in [6, 6.07) is 6.88. The summed E-state index contributed by atoms with van der Waals surface area (Å²) in [6.45, 7) is 13.5. The van der Waals surface area contributed by atoms with Crippen molar-refractivity contribution in [3.63, 3.8) is 0 Å². The molecule has 61 heavy (non-hydrogen) atoms. The summed E-state index contributed by atoms with van der Waals surface area (Å²) < 4.78 is 10.9. The molecule has 1 aromatic carbocycles. The van der Waals surface area contributed by atoms with E-state index in [2.05, 4.69) is 11.0 Å². The minimum Gasteiger partial charge on any atom is -0.444 e. The number of hydroxylamine groups is 6. The van der Waals surface area contributed by atoms with Crippen LogP contribution in [0.4, 0.5) is 19.2 Å². The minimum absolute atomic E-state index is 0.0675. The number of urea groups is 2.